The zero-order valence-electron chi connectivity index (χ0n) is 13.7. The first kappa shape index (κ1) is 15.2. The van der Waals surface area contributed by atoms with Crippen molar-refractivity contribution < 1.29 is 23.2 Å². The summed E-state index contributed by atoms with van der Waals surface area (Å²) in [5.41, 5.74) is 9.58. The van der Waals surface area contributed by atoms with Crippen molar-refractivity contribution in [3.8, 4) is 0 Å². The van der Waals surface area contributed by atoms with E-state index in [1.54, 1.807) is 33.4 Å². The zero-order valence-corrected chi connectivity index (χ0v) is 16.1. The quantitative estimate of drug-likeness (QED) is 0.618. The molecule has 1 heteroatoms. The fraction of sp³-hybridized carbons (Fsp3) is 0.556. The third-order valence-corrected chi connectivity index (χ3v) is 10.8. The van der Waals surface area contributed by atoms with E-state index in [1.807, 2.05) is 6.56 Å². The van der Waals surface area contributed by atoms with Crippen LogP contribution in [0, 0.1) is 11.8 Å². The summed E-state index contributed by atoms with van der Waals surface area (Å²) >= 11 is -0.601. The Kier molecular flexibility index (Phi) is 4.27. The SMILES string of the molecule is CC1=C(C)C(C)[C]([Zr][C]2=C(C)C(C)=C(C)C2C)=C1C. The molecule has 19 heavy (non-hydrogen) atoms. The van der Waals surface area contributed by atoms with Crippen LogP contribution < -0.4 is 0 Å². The fourth-order valence-electron chi connectivity index (χ4n) is 3.28. The first-order valence-corrected chi connectivity index (χ1v) is 9.77. The van der Waals surface area contributed by atoms with Crippen LogP contribution in [0.4, 0.5) is 0 Å². The summed E-state index contributed by atoms with van der Waals surface area (Å²) in [5.74, 6) is 1.42. The van der Waals surface area contributed by atoms with Crippen molar-refractivity contribution in [2.24, 2.45) is 11.8 Å². The standard InChI is InChI=1S/2C9H13.Zr/c2*1-6-5-7(2)9(4)8(6)3;/h2*6H,1-4H3;. The molecule has 2 aliphatic rings. The number of hydrogen-bond acceptors (Lipinski definition) is 0. The van der Waals surface area contributed by atoms with Gasteiger partial charge in [0.05, 0.1) is 0 Å². The van der Waals surface area contributed by atoms with Crippen molar-refractivity contribution in [3.05, 3.63) is 40.0 Å². The van der Waals surface area contributed by atoms with Gasteiger partial charge in [-0.1, -0.05) is 0 Å². The van der Waals surface area contributed by atoms with E-state index in [1.165, 1.54) is 0 Å². The molecular weight excluding hydrogens is 307 g/mol. The van der Waals surface area contributed by atoms with Crippen LogP contribution in [0.15, 0.2) is 40.0 Å². The Balaban J connectivity index is 2.32. The molecule has 2 aliphatic carbocycles. The van der Waals surface area contributed by atoms with Crippen LogP contribution >= 0.6 is 0 Å². The summed E-state index contributed by atoms with van der Waals surface area (Å²) < 4.78 is 3.64. The van der Waals surface area contributed by atoms with E-state index in [0.717, 1.165) is 0 Å². The molecule has 0 radical (unpaired) electrons. The molecule has 0 nitrogen and oxygen atoms in total. The van der Waals surface area contributed by atoms with E-state index in [0.29, 0.717) is 11.8 Å². The maximum absolute atomic E-state index is 2.41. The van der Waals surface area contributed by atoms with Gasteiger partial charge in [0.15, 0.2) is 0 Å². The van der Waals surface area contributed by atoms with Crippen molar-refractivity contribution in [1.82, 2.24) is 0 Å². The molecule has 0 aromatic heterocycles. The molecular formula is C18H26Zr. The Hall–Kier alpha value is -0.157. The minimum absolute atomic E-state index is 0.601. The second-order valence-electron chi connectivity index (χ2n) is 6.26. The van der Waals surface area contributed by atoms with E-state index in [-0.39, 0.29) is 0 Å². The van der Waals surface area contributed by atoms with Gasteiger partial charge in [-0.3, -0.25) is 0 Å². The molecule has 0 saturated heterocycles. The van der Waals surface area contributed by atoms with Gasteiger partial charge in [-0.15, -0.1) is 0 Å². The average Bonchev–Trinajstić information content (AvgIpc) is 2.68. The molecule has 0 bridgehead atoms. The van der Waals surface area contributed by atoms with Crippen LogP contribution in [0.5, 0.6) is 0 Å². The Morgan fingerprint density at radius 2 is 0.895 bits per heavy atom. The maximum atomic E-state index is 2.41. The first-order chi connectivity index (χ1) is 8.77. The van der Waals surface area contributed by atoms with Crippen LogP contribution in [0.25, 0.3) is 0 Å². The van der Waals surface area contributed by atoms with E-state index < -0.39 is 23.2 Å². The van der Waals surface area contributed by atoms with Crippen LogP contribution in [-0.4, -0.2) is 0 Å². The molecule has 0 heterocycles. The van der Waals surface area contributed by atoms with Crippen molar-refractivity contribution in [2.45, 2.75) is 55.4 Å². The van der Waals surface area contributed by atoms with Gasteiger partial charge in [-0.2, -0.15) is 0 Å². The van der Waals surface area contributed by atoms with Gasteiger partial charge in [-0.05, 0) is 0 Å². The minimum atomic E-state index is -0.601. The van der Waals surface area contributed by atoms with Gasteiger partial charge in [0.2, 0.25) is 0 Å². The molecule has 0 N–H and O–H groups in total. The topological polar surface area (TPSA) is 0 Å². The predicted molar refractivity (Wildman–Crippen MR) is 80.5 cm³/mol. The molecule has 0 fully saturated rings. The van der Waals surface area contributed by atoms with E-state index in [9.17, 15) is 0 Å². The van der Waals surface area contributed by atoms with Crippen molar-refractivity contribution in [3.63, 3.8) is 0 Å². The van der Waals surface area contributed by atoms with Gasteiger partial charge < -0.3 is 0 Å². The predicted octanol–water partition coefficient (Wildman–Crippen LogP) is 5.59. The van der Waals surface area contributed by atoms with Crippen LogP contribution in [0.3, 0.4) is 0 Å². The molecule has 0 aromatic rings. The van der Waals surface area contributed by atoms with Gasteiger partial charge in [-0.25, -0.2) is 0 Å². The van der Waals surface area contributed by atoms with Gasteiger partial charge in [0.1, 0.15) is 0 Å². The van der Waals surface area contributed by atoms with Crippen LogP contribution in [-0.2, 0) is 23.2 Å². The number of rotatable bonds is 2. The zero-order chi connectivity index (χ0) is 14.5. The van der Waals surface area contributed by atoms with Gasteiger partial charge >= 0.3 is 130 Å². The molecule has 102 valence electrons. The monoisotopic (exact) mass is 332 g/mol. The molecule has 0 saturated carbocycles. The van der Waals surface area contributed by atoms with Crippen molar-refractivity contribution in [1.29, 1.82) is 0 Å². The average molecular weight is 334 g/mol. The third kappa shape index (κ3) is 2.33. The molecule has 0 spiro atoms. The fourth-order valence-corrected chi connectivity index (χ4v) is 7.96. The van der Waals surface area contributed by atoms with Crippen molar-refractivity contribution in [2.75, 3.05) is 0 Å². The first-order valence-electron chi connectivity index (χ1n) is 7.31. The Morgan fingerprint density at radius 3 is 1.11 bits per heavy atom. The number of allylic oxidation sites excluding steroid dienone is 8. The third-order valence-electron chi connectivity index (χ3n) is 5.55. The van der Waals surface area contributed by atoms with Crippen molar-refractivity contribution >= 4 is 0 Å². The molecule has 2 unspecified atom stereocenters. The number of hydrogen-bond donors (Lipinski definition) is 0. The normalized spacial score (nSPS) is 28.2. The Labute approximate surface area is 130 Å². The Bertz CT molecular complexity index is 502. The second kappa shape index (κ2) is 5.32. The molecule has 2 rings (SSSR count). The van der Waals surface area contributed by atoms with Crippen LogP contribution in [0.1, 0.15) is 55.4 Å². The molecule has 0 aliphatic heterocycles. The van der Waals surface area contributed by atoms with E-state index in [2.05, 4.69) is 55.4 Å². The summed E-state index contributed by atoms with van der Waals surface area (Å²) in [7, 11) is 0. The summed E-state index contributed by atoms with van der Waals surface area (Å²) in [5, 5.41) is 0. The summed E-state index contributed by atoms with van der Waals surface area (Å²) in [4.78, 5) is 0. The summed E-state index contributed by atoms with van der Waals surface area (Å²) in [6.45, 7) is 18.8. The summed E-state index contributed by atoms with van der Waals surface area (Å²) in [6, 6.07) is 0. The Morgan fingerprint density at radius 1 is 0.579 bits per heavy atom. The molecule has 2 atom stereocenters. The van der Waals surface area contributed by atoms with E-state index in [4.69, 9.17) is 0 Å². The van der Waals surface area contributed by atoms with Crippen LogP contribution in [0.2, 0.25) is 0 Å². The second-order valence-corrected chi connectivity index (χ2v) is 9.52. The molecule has 0 amide bonds. The van der Waals surface area contributed by atoms with Gasteiger partial charge in [0, 0.05) is 0 Å². The summed E-state index contributed by atoms with van der Waals surface area (Å²) in [6.07, 6.45) is 0. The molecule has 0 aromatic carbocycles. The van der Waals surface area contributed by atoms with Gasteiger partial charge in [0.25, 0.3) is 0 Å². The van der Waals surface area contributed by atoms with E-state index >= 15 is 0 Å².